The summed E-state index contributed by atoms with van der Waals surface area (Å²) in [5.74, 6) is -0.547. The topological polar surface area (TPSA) is 68.3 Å². The van der Waals surface area contributed by atoms with Crippen molar-refractivity contribution >= 4 is 33.4 Å². The zero-order valence-electron chi connectivity index (χ0n) is 15.7. The lowest BCUT2D eigenvalue weighted by Crippen LogP contribution is -2.45. The number of alkyl carbamates (subject to hydrolysis) is 1. The molecule has 0 unspecified atom stereocenters. The highest BCUT2D eigenvalue weighted by molar-refractivity contribution is 7.18. The van der Waals surface area contributed by atoms with E-state index >= 15 is 0 Å². The molecule has 1 aromatic carbocycles. The van der Waals surface area contributed by atoms with E-state index in [4.69, 9.17) is 4.74 Å². The van der Waals surface area contributed by atoms with Crippen LogP contribution in [-0.4, -0.2) is 29.0 Å². The predicted octanol–water partition coefficient (Wildman–Crippen LogP) is 4.66. The molecule has 0 aliphatic rings. The Labute approximate surface area is 157 Å². The maximum absolute atomic E-state index is 13.3. The molecule has 26 heavy (non-hydrogen) atoms. The number of carbonyl (C=O) groups is 2. The molecule has 142 valence electrons. The lowest BCUT2D eigenvalue weighted by molar-refractivity contribution is -0.122. The average molecular weight is 380 g/mol. The fraction of sp³-hybridized carbons (Fsp3) is 0.526. The summed E-state index contributed by atoms with van der Waals surface area (Å²) < 4.78 is 19.2. The van der Waals surface area contributed by atoms with Gasteiger partial charge < -0.3 is 10.1 Å². The van der Waals surface area contributed by atoms with Crippen LogP contribution in [0.3, 0.4) is 0 Å². The number of thiazole rings is 1. The molecule has 5 nitrogen and oxygen atoms in total. The first-order chi connectivity index (χ1) is 12.2. The number of nitrogens with zero attached hydrogens (tertiary/aromatic N) is 1. The number of ether oxygens (including phenoxy) is 1. The number of rotatable bonds is 7. The van der Waals surface area contributed by atoms with Crippen LogP contribution in [0.2, 0.25) is 0 Å². The van der Waals surface area contributed by atoms with Gasteiger partial charge in [-0.05, 0) is 38.0 Å². The SMILES string of the molecule is CC(C)OC(=O)N[C@H](C(=O)C[C@H](C)c1nc2ccc(F)cc2s1)C(C)C. The highest BCUT2D eigenvalue weighted by Gasteiger charge is 2.27. The Morgan fingerprint density at radius 2 is 1.92 bits per heavy atom. The molecule has 1 amide bonds. The predicted molar refractivity (Wildman–Crippen MR) is 101 cm³/mol. The molecule has 0 radical (unpaired) electrons. The van der Waals surface area contributed by atoms with Crippen LogP contribution < -0.4 is 5.32 Å². The minimum Gasteiger partial charge on any atom is -0.447 e. The van der Waals surface area contributed by atoms with Crippen LogP contribution in [0, 0.1) is 11.7 Å². The molecule has 0 bridgehead atoms. The van der Waals surface area contributed by atoms with Crippen LogP contribution >= 0.6 is 11.3 Å². The van der Waals surface area contributed by atoms with Crippen LogP contribution in [0.4, 0.5) is 9.18 Å². The normalized spacial score (nSPS) is 13.8. The van der Waals surface area contributed by atoms with E-state index in [0.29, 0.717) is 0 Å². The van der Waals surface area contributed by atoms with Gasteiger partial charge in [-0.1, -0.05) is 20.8 Å². The molecule has 1 aromatic heterocycles. The second-order valence-corrected chi connectivity index (χ2v) is 8.12. The first kappa shape index (κ1) is 20.3. The average Bonchev–Trinajstić information content (AvgIpc) is 2.94. The number of Topliss-reactive ketones (excluding diaryl/α,β-unsaturated/α-hetero) is 1. The third-order valence-electron chi connectivity index (χ3n) is 3.93. The molecule has 7 heteroatoms. The number of amides is 1. The summed E-state index contributed by atoms with van der Waals surface area (Å²) in [4.78, 5) is 29.1. The van der Waals surface area contributed by atoms with Crippen molar-refractivity contribution in [2.24, 2.45) is 5.92 Å². The summed E-state index contributed by atoms with van der Waals surface area (Å²) in [5, 5.41) is 3.44. The molecule has 0 aliphatic heterocycles. The Kier molecular flexibility index (Phi) is 6.69. The lowest BCUT2D eigenvalue weighted by Gasteiger charge is -2.22. The molecule has 0 spiro atoms. The number of nitrogens with one attached hydrogen (secondary N) is 1. The van der Waals surface area contributed by atoms with Crippen molar-refractivity contribution in [1.82, 2.24) is 10.3 Å². The van der Waals surface area contributed by atoms with Gasteiger partial charge in [-0.15, -0.1) is 11.3 Å². The summed E-state index contributed by atoms with van der Waals surface area (Å²) in [6.07, 6.45) is -0.595. The molecular weight excluding hydrogens is 355 g/mol. The van der Waals surface area contributed by atoms with Crippen molar-refractivity contribution in [2.45, 2.75) is 59.1 Å². The van der Waals surface area contributed by atoms with Crippen LogP contribution in [0.1, 0.15) is 52.0 Å². The van der Waals surface area contributed by atoms with E-state index in [1.165, 1.54) is 23.5 Å². The number of ketones is 1. The van der Waals surface area contributed by atoms with E-state index in [1.54, 1.807) is 19.9 Å². The van der Waals surface area contributed by atoms with Crippen LogP contribution in [0.25, 0.3) is 10.2 Å². The summed E-state index contributed by atoms with van der Waals surface area (Å²) in [7, 11) is 0. The van der Waals surface area contributed by atoms with Gasteiger partial charge in [0.05, 0.1) is 27.4 Å². The van der Waals surface area contributed by atoms with Crippen molar-refractivity contribution in [3.63, 3.8) is 0 Å². The highest BCUT2D eigenvalue weighted by atomic mass is 32.1. The van der Waals surface area contributed by atoms with Gasteiger partial charge in [-0.3, -0.25) is 4.79 Å². The Balaban J connectivity index is 2.07. The maximum Gasteiger partial charge on any atom is 0.407 e. The van der Waals surface area contributed by atoms with Gasteiger partial charge in [0.1, 0.15) is 5.82 Å². The maximum atomic E-state index is 13.3. The minimum atomic E-state index is -0.615. The van der Waals surface area contributed by atoms with Crippen LogP contribution in [0.15, 0.2) is 18.2 Å². The van der Waals surface area contributed by atoms with Crippen molar-refractivity contribution < 1.29 is 18.7 Å². The number of carbonyl (C=O) groups excluding carboxylic acids is 2. The van der Waals surface area contributed by atoms with Gasteiger partial charge in [-0.2, -0.15) is 0 Å². The molecule has 0 aliphatic carbocycles. The fourth-order valence-electron chi connectivity index (χ4n) is 2.64. The quantitative estimate of drug-likeness (QED) is 0.759. The number of halogens is 1. The third kappa shape index (κ3) is 5.24. The lowest BCUT2D eigenvalue weighted by atomic mass is 9.93. The first-order valence-electron chi connectivity index (χ1n) is 8.73. The number of hydrogen-bond donors (Lipinski definition) is 1. The summed E-state index contributed by atoms with van der Waals surface area (Å²) in [6, 6.07) is 3.85. The molecule has 1 N–H and O–H groups in total. The summed E-state index contributed by atoms with van der Waals surface area (Å²) in [5.41, 5.74) is 0.727. The molecule has 2 aromatic rings. The van der Waals surface area contributed by atoms with E-state index in [2.05, 4.69) is 10.3 Å². The zero-order valence-corrected chi connectivity index (χ0v) is 16.5. The van der Waals surface area contributed by atoms with E-state index in [9.17, 15) is 14.0 Å². The van der Waals surface area contributed by atoms with Crippen molar-refractivity contribution in [1.29, 1.82) is 0 Å². The largest absolute Gasteiger partial charge is 0.447 e. The highest BCUT2D eigenvalue weighted by Crippen LogP contribution is 2.30. The van der Waals surface area contributed by atoms with Gasteiger partial charge in [0.25, 0.3) is 0 Å². The summed E-state index contributed by atoms with van der Waals surface area (Å²) in [6.45, 7) is 9.18. The monoisotopic (exact) mass is 380 g/mol. The Bertz CT molecular complexity index is 788. The van der Waals surface area contributed by atoms with Gasteiger partial charge in [0.2, 0.25) is 0 Å². The molecule has 0 fully saturated rings. The molecular formula is C19H25FN2O3S. The second-order valence-electron chi connectivity index (χ2n) is 7.06. The Hall–Kier alpha value is -2.02. The number of aromatic nitrogens is 1. The van der Waals surface area contributed by atoms with Crippen LogP contribution in [0.5, 0.6) is 0 Å². The van der Waals surface area contributed by atoms with E-state index in [-0.39, 0.29) is 36.0 Å². The number of hydrogen-bond acceptors (Lipinski definition) is 5. The molecule has 2 rings (SSSR count). The van der Waals surface area contributed by atoms with Gasteiger partial charge in [0.15, 0.2) is 5.78 Å². The standard InChI is InChI=1S/C19H25FN2O3S/c1-10(2)17(22-19(24)25-11(3)4)15(23)8-12(5)18-21-14-7-6-13(20)9-16(14)26-18/h6-7,9-12,17H,8H2,1-5H3,(H,22,24)/t12-,17-/m0/s1. The number of fused-ring (bicyclic) bond motifs is 1. The van der Waals surface area contributed by atoms with Crippen molar-refractivity contribution in [3.8, 4) is 0 Å². The molecule has 2 atom stereocenters. The Morgan fingerprint density at radius 3 is 2.54 bits per heavy atom. The first-order valence-corrected chi connectivity index (χ1v) is 9.54. The van der Waals surface area contributed by atoms with Gasteiger partial charge >= 0.3 is 6.09 Å². The van der Waals surface area contributed by atoms with Crippen LogP contribution in [-0.2, 0) is 9.53 Å². The molecule has 1 heterocycles. The zero-order chi connectivity index (χ0) is 19.4. The minimum absolute atomic E-state index is 0.0566. The van der Waals surface area contributed by atoms with Gasteiger partial charge in [-0.25, -0.2) is 14.2 Å². The molecule has 0 saturated carbocycles. The summed E-state index contributed by atoms with van der Waals surface area (Å²) >= 11 is 1.39. The molecule has 0 saturated heterocycles. The fourth-order valence-corrected chi connectivity index (χ4v) is 3.68. The smallest absolute Gasteiger partial charge is 0.407 e. The van der Waals surface area contributed by atoms with E-state index < -0.39 is 12.1 Å². The third-order valence-corrected chi connectivity index (χ3v) is 5.18. The van der Waals surface area contributed by atoms with Crippen molar-refractivity contribution in [3.05, 3.63) is 29.0 Å². The van der Waals surface area contributed by atoms with E-state index in [0.717, 1.165) is 15.2 Å². The Morgan fingerprint density at radius 1 is 1.23 bits per heavy atom. The van der Waals surface area contributed by atoms with Gasteiger partial charge in [0, 0.05) is 12.3 Å². The second kappa shape index (κ2) is 8.58. The number of benzene rings is 1. The van der Waals surface area contributed by atoms with E-state index in [1.807, 2.05) is 20.8 Å². The van der Waals surface area contributed by atoms with Crippen molar-refractivity contribution in [2.75, 3.05) is 0 Å².